The summed E-state index contributed by atoms with van der Waals surface area (Å²) in [5.74, 6) is 1.22. The van der Waals surface area contributed by atoms with E-state index < -0.39 is 6.10 Å². The average Bonchev–Trinajstić information content (AvgIpc) is 3.38. The van der Waals surface area contributed by atoms with Gasteiger partial charge in [0.05, 0.1) is 21.7 Å². The molecule has 5 aromatic rings. The van der Waals surface area contributed by atoms with Gasteiger partial charge in [-0.15, -0.1) is 0 Å². The van der Waals surface area contributed by atoms with Gasteiger partial charge >= 0.3 is 0 Å². The highest BCUT2D eigenvalue weighted by Gasteiger charge is 2.20. The van der Waals surface area contributed by atoms with Crippen molar-refractivity contribution in [3.8, 4) is 5.75 Å². The Morgan fingerprint density at radius 1 is 1.11 bits per heavy atom. The van der Waals surface area contributed by atoms with Crippen molar-refractivity contribution in [3.63, 3.8) is 0 Å². The number of rotatable bonds is 7. The lowest BCUT2D eigenvalue weighted by molar-refractivity contribution is -0.122. The van der Waals surface area contributed by atoms with Crippen LogP contribution in [-0.2, 0) is 4.79 Å². The number of benzene rings is 3. The summed E-state index contributed by atoms with van der Waals surface area (Å²) in [5.41, 5.74) is 6.12. The number of para-hydroxylation sites is 2. The number of halogens is 1. The van der Waals surface area contributed by atoms with Gasteiger partial charge in [0.15, 0.2) is 11.8 Å². The van der Waals surface area contributed by atoms with Crippen LogP contribution in [0, 0.1) is 13.8 Å². The first kappa shape index (κ1) is 22.8. The SMILES string of the molecule is CCC(Oc1ccc(C)cc1C)C(=O)Nc1ccc(Cl)c(Nc2cc3nc4ccccc4n3[nH]2)c1. The lowest BCUT2D eigenvalue weighted by Crippen LogP contribution is -2.32. The highest BCUT2D eigenvalue weighted by atomic mass is 35.5. The molecule has 2 heterocycles. The number of aryl methyl sites for hydroxylation is 2. The molecule has 0 bridgehead atoms. The van der Waals surface area contributed by atoms with Crippen LogP contribution < -0.4 is 15.4 Å². The molecule has 3 aromatic carbocycles. The van der Waals surface area contributed by atoms with Gasteiger partial charge in [0, 0.05) is 11.8 Å². The van der Waals surface area contributed by atoms with Gasteiger partial charge in [0.1, 0.15) is 11.6 Å². The Bertz CT molecular complexity index is 1540. The minimum Gasteiger partial charge on any atom is -0.480 e. The first-order chi connectivity index (χ1) is 16.9. The van der Waals surface area contributed by atoms with Crippen molar-refractivity contribution in [2.45, 2.75) is 33.3 Å². The third kappa shape index (κ3) is 4.68. The summed E-state index contributed by atoms with van der Waals surface area (Å²) in [4.78, 5) is 17.6. The zero-order valence-corrected chi connectivity index (χ0v) is 20.5. The molecule has 2 aromatic heterocycles. The molecule has 8 heteroatoms. The quantitative estimate of drug-likeness (QED) is 0.241. The Morgan fingerprint density at radius 3 is 2.74 bits per heavy atom. The number of aromatic amines is 1. The average molecular weight is 488 g/mol. The number of fused-ring (bicyclic) bond motifs is 3. The fourth-order valence-electron chi connectivity index (χ4n) is 4.08. The summed E-state index contributed by atoms with van der Waals surface area (Å²) in [5, 5.41) is 10.1. The van der Waals surface area contributed by atoms with Crippen LogP contribution in [0.1, 0.15) is 24.5 Å². The third-order valence-electron chi connectivity index (χ3n) is 5.86. The summed E-state index contributed by atoms with van der Waals surface area (Å²) < 4.78 is 7.93. The highest BCUT2D eigenvalue weighted by molar-refractivity contribution is 6.33. The van der Waals surface area contributed by atoms with Crippen molar-refractivity contribution >= 4 is 51.4 Å². The van der Waals surface area contributed by atoms with Crippen LogP contribution in [0.2, 0.25) is 5.02 Å². The third-order valence-corrected chi connectivity index (χ3v) is 6.19. The summed E-state index contributed by atoms with van der Waals surface area (Å²) in [6.45, 7) is 5.93. The van der Waals surface area contributed by atoms with Crippen LogP contribution in [-0.4, -0.2) is 26.6 Å². The van der Waals surface area contributed by atoms with Crippen LogP contribution in [0.15, 0.2) is 66.7 Å². The number of carbonyl (C=O) groups is 1. The second-order valence-electron chi connectivity index (χ2n) is 8.56. The van der Waals surface area contributed by atoms with E-state index in [2.05, 4.69) is 20.7 Å². The Hall–Kier alpha value is -3.97. The first-order valence-electron chi connectivity index (χ1n) is 11.5. The summed E-state index contributed by atoms with van der Waals surface area (Å²) >= 11 is 6.44. The van der Waals surface area contributed by atoms with E-state index >= 15 is 0 Å². The molecule has 0 aliphatic carbocycles. The number of anilines is 3. The number of hydrogen-bond acceptors (Lipinski definition) is 4. The molecule has 1 atom stereocenters. The summed E-state index contributed by atoms with van der Waals surface area (Å²) in [6.07, 6.45) is -0.0818. The van der Waals surface area contributed by atoms with Crippen LogP contribution in [0.4, 0.5) is 17.2 Å². The Morgan fingerprint density at radius 2 is 1.94 bits per heavy atom. The van der Waals surface area contributed by atoms with Gasteiger partial charge in [-0.3, -0.25) is 9.89 Å². The molecule has 0 fully saturated rings. The molecule has 5 rings (SSSR count). The molecule has 178 valence electrons. The van der Waals surface area contributed by atoms with Gasteiger partial charge in [0.25, 0.3) is 5.91 Å². The van der Waals surface area contributed by atoms with Gasteiger partial charge in [-0.25, -0.2) is 9.50 Å². The smallest absolute Gasteiger partial charge is 0.265 e. The molecular formula is C27H26ClN5O2. The maximum Gasteiger partial charge on any atom is 0.265 e. The number of nitrogens with one attached hydrogen (secondary N) is 3. The van der Waals surface area contributed by atoms with Gasteiger partial charge in [-0.1, -0.05) is 48.4 Å². The fourth-order valence-corrected chi connectivity index (χ4v) is 4.24. The van der Waals surface area contributed by atoms with Crippen molar-refractivity contribution in [3.05, 3.63) is 82.9 Å². The van der Waals surface area contributed by atoms with E-state index in [0.717, 1.165) is 33.6 Å². The largest absolute Gasteiger partial charge is 0.480 e. The standard InChI is InChI=1S/C27H26ClN5O2/c1-4-23(35-24-12-9-16(2)13-17(24)3)27(34)29-18-10-11-19(28)21(14-18)30-25-15-26-31-20-7-5-6-8-22(20)33(26)32-25/h5-15,23,30,32H,4H2,1-3H3,(H,29,34). The fraction of sp³-hybridized carbons (Fsp3) is 0.185. The van der Waals surface area contributed by atoms with Crippen molar-refractivity contribution in [2.24, 2.45) is 0 Å². The molecule has 0 spiro atoms. The second-order valence-corrected chi connectivity index (χ2v) is 8.96. The summed E-state index contributed by atoms with van der Waals surface area (Å²) in [6, 6.07) is 21.1. The molecule has 0 saturated carbocycles. The molecule has 1 unspecified atom stereocenters. The van der Waals surface area contributed by atoms with Gasteiger partial charge < -0.3 is 15.4 Å². The van der Waals surface area contributed by atoms with E-state index in [1.807, 2.05) is 73.8 Å². The van der Waals surface area contributed by atoms with Crippen molar-refractivity contribution in [1.82, 2.24) is 14.6 Å². The highest BCUT2D eigenvalue weighted by Crippen LogP contribution is 2.30. The second kappa shape index (κ2) is 9.35. The van der Waals surface area contributed by atoms with Crippen LogP contribution in [0.3, 0.4) is 0 Å². The lowest BCUT2D eigenvalue weighted by atomic mass is 10.1. The lowest BCUT2D eigenvalue weighted by Gasteiger charge is -2.19. The van der Waals surface area contributed by atoms with E-state index in [1.165, 1.54) is 0 Å². The Balaban J connectivity index is 1.33. The zero-order valence-electron chi connectivity index (χ0n) is 19.7. The number of hydrogen-bond donors (Lipinski definition) is 3. The molecule has 0 radical (unpaired) electrons. The van der Waals surface area contributed by atoms with Crippen molar-refractivity contribution < 1.29 is 9.53 Å². The molecule has 3 N–H and O–H groups in total. The van der Waals surface area contributed by atoms with E-state index in [4.69, 9.17) is 16.3 Å². The molecule has 0 saturated heterocycles. The Labute approximate surface area is 208 Å². The topological polar surface area (TPSA) is 83.4 Å². The number of imidazole rings is 1. The monoisotopic (exact) mass is 487 g/mol. The number of carbonyl (C=O) groups excluding carboxylic acids is 1. The zero-order chi connectivity index (χ0) is 24.5. The maximum atomic E-state index is 13.0. The van der Waals surface area contributed by atoms with Crippen LogP contribution >= 0.6 is 11.6 Å². The molecular weight excluding hydrogens is 462 g/mol. The van der Waals surface area contributed by atoms with Crippen molar-refractivity contribution in [1.29, 1.82) is 0 Å². The summed E-state index contributed by atoms with van der Waals surface area (Å²) in [7, 11) is 0. The van der Waals surface area contributed by atoms with Crippen LogP contribution in [0.25, 0.3) is 16.7 Å². The number of aromatic nitrogens is 3. The number of H-pyrrole nitrogens is 1. The molecule has 0 aliphatic heterocycles. The van der Waals surface area contributed by atoms with Gasteiger partial charge in [-0.2, -0.15) is 0 Å². The Kier molecular flexibility index (Phi) is 6.09. The maximum absolute atomic E-state index is 13.0. The van der Waals surface area contributed by atoms with E-state index in [-0.39, 0.29) is 5.91 Å². The van der Waals surface area contributed by atoms with E-state index in [9.17, 15) is 4.79 Å². The molecule has 7 nitrogen and oxygen atoms in total. The van der Waals surface area contributed by atoms with Gasteiger partial charge in [0.2, 0.25) is 0 Å². The predicted octanol–water partition coefficient (Wildman–Crippen LogP) is 6.63. The van der Waals surface area contributed by atoms with E-state index in [0.29, 0.717) is 28.6 Å². The number of amides is 1. The van der Waals surface area contributed by atoms with Crippen molar-refractivity contribution in [2.75, 3.05) is 10.6 Å². The normalized spacial score (nSPS) is 12.1. The van der Waals surface area contributed by atoms with Crippen LogP contribution in [0.5, 0.6) is 5.75 Å². The van der Waals surface area contributed by atoms with Gasteiger partial charge in [-0.05, 0) is 62.2 Å². The minimum absolute atomic E-state index is 0.217. The molecule has 0 aliphatic rings. The minimum atomic E-state index is -0.618. The molecule has 35 heavy (non-hydrogen) atoms. The first-order valence-corrected chi connectivity index (χ1v) is 11.9. The number of ether oxygens (including phenoxy) is 1. The molecule has 1 amide bonds. The predicted molar refractivity (Wildman–Crippen MR) is 141 cm³/mol. The van der Waals surface area contributed by atoms with E-state index in [1.54, 1.807) is 18.2 Å². The number of nitrogens with zero attached hydrogens (tertiary/aromatic N) is 2.